The molecule has 8 heteroatoms. The molecule has 3 aromatic carbocycles. The Bertz CT molecular complexity index is 1270. The molecule has 1 saturated heterocycles. The number of carbonyl (C=O) groups is 4. The summed E-state index contributed by atoms with van der Waals surface area (Å²) in [4.78, 5) is 51.5. The van der Waals surface area contributed by atoms with Crippen molar-refractivity contribution in [2.24, 2.45) is 0 Å². The van der Waals surface area contributed by atoms with Crippen LogP contribution < -0.4 is 10.6 Å². The quantitative estimate of drug-likeness (QED) is 0.447. The van der Waals surface area contributed by atoms with Crippen molar-refractivity contribution in [2.75, 3.05) is 18.5 Å². The van der Waals surface area contributed by atoms with Gasteiger partial charge in [-0.2, -0.15) is 0 Å². The minimum Gasteiger partial charge on any atom is -0.462 e. The van der Waals surface area contributed by atoms with Gasteiger partial charge < -0.3 is 15.4 Å². The summed E-state index contributed by atoms with van der Waals surface area (Å²) in [5, 5.41) is 7.25. The second-order valence-electron chi connectivity index (χ2n) is 7.82. The number of rotatable bonds is 6. The molecule has 0 radical (unpaired) electrons. The number of imide groups is 1. The first kappa shape index (κ1) is 22.0. The highest BCUT2D eigenvalue weighted by molar-refractivity contribution is 6.11. The van der Waals surface area contributed by atoms with Crippen molar-refractivity contribution in [3.05, 3.63) is 77.9 Å². The average molecular weight is 445 g/mol. The molecule has 1 atom stereocenters. The fourth-order valence-corrected chi connectivity index (χ4v) is 3.85. The number of hydrogen-bond donors (Lipinski definition) is 2. The molecule has 2 N–H and O–H groups in total. The van der Waals surface area contributed by atoms with Crippen LogP contribution in [-0.4, -0.2) is 41.9 Å². The SMILES string of the molecule is CCOC(=O)c1ccccc1NC(=O)CN1C(=O)NC(C)(c2ccc3ccccc3c2)C1=O. The van der Waals surface area contributed by atoms with Crippen LogP contribution >= 0.6 is 0 Å². The van der Waals surface area contributed by atoms with Crippen molar-refractivity contribution >= 4 is 40.3 Å². The summed E-state index contributed by atoms with van der Waals surface area (Å²) >= 11 is 0. The van der Waals surface area contributed by atoms with Gasteiger partial charge in [0, 0.05) is 0 Å². The highest BCUT2D eigenvalue weighted by Gasteiger charge is 2.49. The molecular weight excluding hydrogens is 422 g/mol. The molecule has 3 aromatic rings. The topological polar surface area (TPSA) is 105 Å². The second-order valence-corrected chi connectivity index (χ2v) is 7.82. The molecule has 8 nitrogen and oxygen atoms in total. The van der Waals surface area contributed by atoms with Gasteiger partial charge in [0.05, 0.1) is 17.9 Å². The lowest BCUT2D eigenvalue weighted by molar-refractivity contribution is -0.133. The maximum Gasteiger partial charge on any atom is 0.340 e. The van der Waals surface area contributed by atoms with E-state index in [0.29, 0.717) is 5.56 Å². The summed E-state index contributed by atoms with van der Waals surface area (Å²) in [6, 6.07) is 19.0. The van der Waals surface area contributed by atoms with Crippen LogP contribution in [-0.2, 0) is 19.9 Å². The lowest BCUT2D eigenvalue weighted by Crippen LogP contribution is -2.42. The zero-order valence-electron chi connectivity index (χ0n) is 18.3. The first-order valence-electron chi connectivity index (χ1n) is 10.5. The van der Waals surface area contributed by atoms with Crippen LogP contribution in [0.1, 0.15) is 29.8 Å². The first-order chi connectivity index (χ1) is 15.8. The van der Waals surface area contributed by atoms with Crippen LogP contribution in [0.25, 0.3) is 10.8 Å². The van der Waals surface area contributed by atoms with E-state index in [-0.39, 0.29) is 17.9 Å². The predicted molar refractivity (Wildman–Crippen MR) is 123 cm³/mol. The molecule has 1 unspecified atom stereocenters. The normalized spacial score (nSPS) is 17.7. The van der Waals surface area contributed by atoms with Gasteiger partial charge >= 0.3 is 12.0 Å². The van der Waals surface area contributed by atoms with Crippen LogP contribution in [0.2, 0.25) is 0 Å². The molecule has 1 fully saturated rings. The zero-order chi connectivity index (χ0) is 23.6. The Morgan fingerprint density at radius 3 is 2.45 bits per heavy atom. The highest BCUT2D eigenvalue weighted by Crippen LogP contribution is 2.31. The molecule has 168 valence electrons. The van der Waals surface area contributed by atoms with Crippen molar-refractivity contribution in [1.29, 1.82) is 0 Å². The Hall–Kier alpha value is -4.20. The molecule has 0 bridgehead atoms. The van der Waals surface area contributed by atoms with E-state index in [0.717, 1.165) is 15.7 Å². The smallest absolute Gasteiger partial charge is 0.340 e. The molecule has 1 heterocycles. The average Bonchev–Trinajstić information content (AvgIpc) is 3.03. The largest absolute Gasteiger partial charge is 0.462 e. The van der Waals surface area contributed by atoms with Crippen molar-refractivity contribution in [2.45, 2.75) is 19.4 Å². The molecule has 4 amide bonds. The van der Waals surface area contributed by atoms with E-state index in [9.17, 15) is 19.2 Å². The summed E-state index contributed by atoms with van der Waals surface area (Å²) in [7, 11) is 0. The molecule has 1 aliphatic heterocycles. The van der Waals surface area contributed by atoms with E-state index in [1.165, 1.54) is 6.07 Å². The standard InChI is InChI=1S/C25H23N3O5/c1-3-33-22(30)19-10-6-7-11-20(19)26-21(29)15-28-23(31)25(2,27-24(28)32)18-13-12-16-8-4-5-9-17(16)14-18/h4-14H,3,15H2,1-2H3,(H,26,29)(H,27,32). The van der Waals surface area contributed by atoms with Crippen molar-refractivity contribution < 1.29 is 23.9 Å². The number of ether oxygens (including phenoxy) is 1. The van der Waals surface area contributed by atoms with Gasteiger partial charge in [-0.3, -0.25) is 14.5 Å². The van der Waals surface area contributed by atoms with E-state index in [1.807, 2.05) is 36.4 Å². The molecule has 4 rings (SSSR count). The second kappa shape index (κ2) is 8.74. The van der Waals surface area contributed by atoms with Crippen LogP contribution in [0, 0.1) is 0 Å². The number of para-hydroxylation sites is 1. The lowest BCUT2D eigenvalue weighted by Gasteiger charge is -2.22. The summed E-state index contributed by atoms with van der Waals surface area (Å²) in [6.07, 6.45) is 0. The molecular formula is C25H23N3O5. The predicted octanol–water partition coefficient (Wildman–Crippen LogP) is 3.42. The van der Waals surface area contributed by atoms with Crippen LogP contribution in [0.4, 0.5) is 10.5 Å². The number of carbonyl (C=O) groups excluding carboxylic acids is 4. The fraction of sp³-hybridized carbons (Fsp3) is 0.200. The Labute approximate surface area is 190 Å². The van der Waals surface area contributed by atoms with Crippen LogP contribution in [0.15, 0.2) is 66.7 Å². The highest BCUT2D eigenvalue weighted by atomic mass is 16.5. The third kappa shape index (κ3) is 4.15. The van der Waals surface area contributed by atoms with E-state index in [1.54, 1.807) is 38.1 Å². The van der Waals surface area contributed by atoms with Crippen LogP contribution in [0.3, 0.4) is 0 Å². The van der Waals surface area contributed by atoms with Gasteiger partial charge in [-0.05, 0) is 48.4 Å². The maximum atomic E-state index is 13.2. The monoisotopic (exact) mass is 445 g/mol. The van der Waals surface area contributed by atoms with Gasteiger partial charge in [-0.1, -0.05) is 48.5 Å². The van der Waals surface area contributed by atoms with Gasteiger partial charge in [0.15, 0.2) is 0 Å². The van der Waals surface area contributed by atoms with Gasteiger partial charge in [0.25, 0.3) is 5.91 Å². The van der Waals surface area contributed by atoms with E-state index >= 15 is 0 Å². The molecule has 1 aliphatic rings. The Morgan fingerprint density at radius 1 is 1.00 bits per heavy atom. The Balaban J connectivity index is 1.52. The number of fused-ring (bicyclic) bond motifs is 1. The Morgan fingerprint density at radius 2 is 1.70 bits per heavy atom. The van der Waals surface area contributed by atoms with Gasteiger partial charge in [0.1, 0.15) is 12.1 Å². The first-order valence-corrected chi connectivity index (χ1v) is 10.5. The number of hydrogen-bond acceptors (Lipinski definition) is 5. The van der Waals surface area contributed by atoms with E-state index in [2.05, 4.69) is 10.6 Å². The van der Waals surface area contributed by atoms with Gasteiger partial charge in [-0.25, -0.2) is 9.59 Å². The van der Waals surface area contributed by atoms with E-state index < -0.39 is 35.9 Å². The minimum atomic E-state index is -1.30. The number of urea groups is 1. The maximum absolute atomic E-state index is 13.2. The van der Waals surface area contributed by atoms with Crippen LogP contribution in [0.5, 0.6) is 0 Å². The number of esters is 1. The number of anilines is 1. The summed E-state index contributed by atoms with van der Waals surface area (Å²) in [5.74, 6) is -1.72. The van der Waals surface area contributed by atoms with Gasteiger partial charge in [-0.15, -0.1) is 0 Å². The molecule has 0 aromatic heterocycles. The fourth-order valence-electron chi connectivity index (χ4n) is 3.85. The molecule has 0 aliphatic carbocycles. The number of nitrogens with zero attached hydrogens (tertiary/aromatic N) is 1. The molecule has 0 spiro atoms. The third-order valence-corrected chi connectivity index (χ3v) is 5.60. The zero-order valence-corrected chi connectivity index (χ0v) is 18.3. The summed E-state index contributed by atoms with van der Waals surface area (Å²) in [6.45, 7) is 3.00. The molecule has 33 heavy (non-hydrogen) atoms. The van der Waals surface area contributed by atoms with Crippen molar-refractivity contribution in [3.8, 4) is 0 Å². The van der Waals surface area contributed by atoms with Crippen molar-refractivity contribution in [1.82, 2.24) is 10.2 Å². The molecule has 0 saturated carbocycles. The number of amides is 4. The summed E-state index contributed by atoms with van der Waals surface area (Å²) in [5.41, 5.74) is -0.254. The number of nitrogens with one attached hydrogen (secondary N) is 2. The van der Waals surface area contributed by atoms with E-state index in [4.69, 9.17) is 4.74 Å². The lowest BCUT2D eigenvalue weighted by atomic mass is 9.90. The number of benzene rings is 3. The Kier molecular flexibility index (Phi) is 5.83. The minimum absolute atomic E-state index is 0.186. The third-order valence-electron chi connectivity index (χ3n) is 5.60. The summed E-state index contributed by atoms with van der Waals surface area (Å²) < 4.78 is 5.01. The van der Waals surface area contributed by atoms with Gasteiger partial charge in [0.2, 0.25) is 5.91 Å². The van der Waals surface area contributed by atoms with Crippen molar-refractivity contribution in [3.63, 3.8) is 0 Å².